The summed E-state index contributed by atoms with van der Waals surface area (Å²) in [5.74, 6) is 0.884. The Kier molecular flexibility index (Phi) is 4.92. The van der Waals surface area contributed by atoms with Crippen molar-refractivity contribution in [3.63, 3.8) is 0 Å². The highest BCUT2D eigenvalue weighted by atomic mass is 127. The Morgan fingerprint density at radius 2 is 1.12 bits per heavy atom. The quantitative estimate of drug-likeness (QED) is 0.280. The van der Waals surface area contributed by atoms with Crippen LogP contribution < -0.4 is 4.74 Å². The second-order valence-corrected chi connectivity index (χ2v) is 9.64. The molecule has 4 rings (SSSR count). The molecule has 0 spiro atoms. The molecular weight excluding hydrogens is 459 g/mol. The first-order chi connectivity index (χ1) is 12.2. The second kappa shape index (κ2) is 7.32. The lowest BCUT2D eigenvalue weighted by Gasteiger charge is -2.05. The van der Waals surface area contributed by atoms with Crippen molar-refractivity contribution in [2.45, 2.75) is 0 Å². The molecule has 2 aromatic heterocycles. The van der Waals surface area contributed by atoms with E-state index < -0.39 is 0 Å². The van der Waals surface area contributed by atoms with Crippen LogP contribution in [0.5, 0.6) is 5.75 Å². The number of halogens is 1. The molecule has 4 aromatic rings. The lowest BCUT2D eigenvalue weighted by molar-refractivity contribution is 0.415. The van der Waals surface area contributed by atoms with Crippen LogP contribution in [-0.4, -0.2) is 7.11 Å². The average Bonchev–Trinajstić information content (AvgIpc) is 3.31. The maximum Gasteiger partial charge on any atom is 0.118 e. The largest absolute Gasteiger partial charge is 0.497 e. The Hall–Kier alpha value is -1.63. The molecule has 0 aliphatic heterocycles. The van der Waals surface area contributed by atoms with Gasteiger partial charge in [0.05, 0.1) is 9.99 Å². The minimum absolute atomic E-state index is 0.884. The normalized spacial score (nSPS) is 10.8. The van der Waals surface area contributed by atoms with Gasteiger partial charge in [-0.1, -0.05) is 36.4 Å². The molecule has 4 heteroatoms. The second-order valence-electron chi connectivity index (χ2n) is 5.57. The van der Waals surface area contributed by atoms with E-state index in [2.05, 4.69) is 83.3 Å². The lowest BCUT2D eigenvalue weighted by Crippen LogP contribution is -1.82. The molecule has 2 aromatic carbocycles. The molecule has 0 N–H and O–H groups in total. The Morgan fingerprint density at radius 1 is 0.600 bits per heavy atom. The Labute approximate surface area is 169 Å². The van der Waals surface area contributed by atoms with E-state index in [0.29, 0.717) is 0 Å². The van der Waals surface area contributed by atoms with Gasteiger partial charge in [-0.3, -0.25) is 0 Å². The van der Waals surface area contributed by atoms with Gasteiger partial charge in [-0.15, -0.1) is 22.7 Å². The number of benzene rings is 2. The van der Waals surface area contributed by atoms with Crippen molar-refractivity contribution in [2.24, 2.45) is 0 Å². The van der Waals surface area contributed by atoms with Crippen molar-refractivity contribution < 1.29 is 4.74 Å². The van der Waals surface area contributed by atoms with Crippen LogP contribution in [-0.2, 0) is 0 Å². The molecule has 0 aliphatic carbocycles. The van der Waals surface area contributed by atoms with E-state index in [0.717, 1.165) is 5.75 Å². The maximum atomic E-state index is 5.22. The van der Waals surface area contributed by atoms with E-state index in [1.807, 2.05) is 34.8 Å². The molecule has 0 unspecified atom stereocenters. The summed E-state index contributed by atoms with van der Waals surface area (Å²) in [6, 6.07) is 25.8. The third-order valence-corrected chi connectivity index (χ3v) is 7.24. The van der Waals surface area contributed by atoms with E-state index >= 15 is 0 Å². The van der Waals surface area contributed by atoms with Gasteiger partial charge in [0.15, 0.2) is 0 Å². The van der Waals surface area contributed by atoms with Crippen LogP contribution in [0.15, 0.2) is 72.8 Å². The molecule has 0 atom stereocenters. The molecule has 2 heterocycles. The van der Waals surface area contributed by atoms with Crippen LogP contribution in [0.2, 0.25) is 0 Å². The third-order valence-electron chi connectivity index (χ3n) is 4.01. The fourth-order valence-corrected chi connectivity index (χ4v) is 5.41. The van der Waals surface area contributed by atoms with Gasteiger partial charge in [-0.25, -0.2) is 0 Å². The zero-order valence-corrected chi connectivity index (χ0v) is 17.3. The summed E-state index contributed by atoms with van der Waals surface area (Å²) in [6.45, 7) is 0. The topological polar surface area (TPSA) is 9.23 Å². The molecule has 0 amide bonds. The highest BCUT2D eigenvalue weighted by molar-refractivity contribution is 14.1. The smallest absolute Gasteiger partial charge is 0.118 e. The van der Waals surface area contributed by atoms with Gasteiger partial charge in [-0.2, -0.15) is 0 Å². The number of hydrogen-bond acceptors (Lipinski definition) is 3. The third kappa shape index (κ3) is 3.66. The molecule has 0 fully saturated rings. The van der Waals surface area contributed by atoms with Crippen LogP contribution in [0, 0.1) is 2.88 Å². The standard InChI is InChI=1S/C21H15IOS2/c1-23-17-8-6-15(7-9-17)14-2-4-16(5-3-14)18-10-11-19(24-18)20-12-13-21(22)25-20/h2-13H,1H3. The lowest BCUT2D eigenvalue weighted by atomic mass is 10.0. The molecule has 25 heavy (non-hydrogen) atoms. The van der Waals surface area contributed by atoms with Crippen molar-refractivity contribution in [1.82, 2.24) is 0 Å². The highest BCUT2D eigenvalue weighted by Crippen LogP contribution is 2.38. The van der Waals surface area contributed by atoms with Crippen LogP contribution in [0.25, 0.3) is 31.3 Å². The van der Waals surface area contributed by atoms with E-state index in [1.165, 1.54) is 34.2 Å². The Morgan fingerprint density at radius 3 is 1.72 bits per heavy atom. The number of rotatable bonds is 4. The predicted molar refractivity (Wildman–Crippen MR) is 118 cm³/mol. The summed E-state index contributed by atoms with van der Waals surface area (Å²) in [4.78, 5) is 3.98. The molecule has 0 saturated carbocycles. The van der Waals surface area contributed by atoms with Crippen molar-refractivity contribution >= 4 is 45.3 Å². The van der Waals surface area contributed by atoms with Crippen molar-refractivity contribution in [3.8, 4) is 37.1 Å². The van der Waals surface area contributed by atoms with Gasteiger partial charge in [0.25, 0.3) is 0 Å². The van der Waals surface area contributed by atoms with E-state index in [4.69, 9.17) is 4.74 Å². The van der Waals surface area contributed by atoms with Gasteiger partial charge in [0.1, 0.15) is 5.75 Å². The molecule has 124 valence electrons. The zero-order chi connectivity index (χ0) is 17.2. The van der Waals surface area contributed by atoms with Gasteiger partial charge >= 0.3 is 0 Å². The molecule has 0 saturated heterocycles. The fourth-order valence-electron chi connectivity index (χ4n) is 2.68. The van der Waals surface area contributed by atoms with E-state index in [9.17, 15) is 0 Å². The Balaban J connectivity index is 1.58. The molecular formula is C21H15IOS2. The monoisotopic (exact) mass is 474 g/mol. The summed E-state index contributed by atoms with van der Waals surface area (Å²) in [6.07, 6.45) is 0. The first kappa shape index (κ1) is 16.8. The number of methoxy groups -OCH3 is 1. The van der Waals surface area contributed by atoms with Crippen LogP contribution in [0.4, 0.5) is 0 Å². The Bertz CT molecular complexity index is 981. The van der Waals surface area contributed by atoms with Crippen molar-refractivity contribution in [1.29, 1.82) is 0 Å². The summed E-state index contributed by atoms with van der Waals surface area (Å²) in [5, 5.41) is 0. The van der Waals surface area contributed by atoms with Gasteiger partial charge in [-0.05, 0) is 75.7 Å². The number of thiophene rings is 2. The molecule has 0 aliphatic rings. The van der Waals surface area contributed by atoms with E-state index in [1.54, 1.807) is 7.11 Å². The molecule has 0 bridgehead atoms. The average molecular weight is 474 g/mol. The summed E-state index contributed by atoms with van der Waals surface area (Å²) in [5.41, 5.74) is 3.68. The zero-order valence-electron chi connectivity index (χ0n) is 13.5. The maximum absolute atomic E-state index is 5.22. The summed E-state index contributed by atoms with van der Waals surface area (Å²) < 4.78 is 6.55. The summed E-state index contributed by atoms with van der Waals surface area (Å²) >= 11 is 6.06. The first-order valence-electron chi connectivity index (χ1n) is 7.83. The predicted octanol–water partition coefficient (Wildman–Crippen LogP) is 7.42. The summed E-state index contributed by atoms with van der Waals surface area (Å²) in [7, 11) is 1.69. The van der Waals surface area contributed by atoms with Gasteiger partial charge < -0.3 is 4.74 Å². The van der Waals surface area contributed by atoms with Gasteiger partial charge in [0, 0.05) is 14.6 Å². The van der Waals surface area contributed by atoms with Crippen molar-refractivity contribution in [2.75, 3.05) is 7.11 Å². The number of hydrogen-bond donors (Lipinski definition) is 0. The first-order valence-corrected chi connectivity index (χ1v) is 10.5. The molecule has 1 nitrogen and oxygen atoms in total. The SMILES string of the molecule is COc1ccc(-c2ccc(-c3ccc(-c4ccc(I)s4)s3)cc2)cc1. The van der Waals surface area contributed by atoms with Crippen LogP contribution in [0.3, 0.4) is 0 Å². The molecule has 0 radical (unpaired) electrons. The number of ether oxygens (including phenoxy) is 1. The van der Waals surface area contributed by atoms with Crippen molar-refractivity contribution in [3.05, 3.63) is 75.7 Å². The highest BCUT2D eigenvalue weighted by Gasteiger charge is 2.07. The van der Waals surface area contributed by atoms with Crippen LogP contribution >= 0.6 is 45.3 Å². The van der Waals surface area contributed by atoms with Crippen LogP contribution in [0.1, 0.15) is 0 Å². The van der Waals surface area contributed by atoms with E-state index in [-0.39, 0.29) is 0 Å². The minimum atomic E-state index is 0.884. The minimum Gasteiger partial charge on any atom is -0.497 e. The van der Waals surface area contributed by atoms with Gasteiger partial charge in [0.2, 0.25) is 0 Å². The fraction of sp³-hybridized carbons (Fsp3) is 0.0476.